The predicted molar refractivity (Wildman–Crippen MR) is 78.4 cm³/mol. The first kappa shape index (κ1) is 15.0. The standard InChI is InChI=1S/C16H27NO/c1-6-17-13(3)12-16(4,5)14-9-8-10-15(11-14)18-7-2/h8-11,13,17H,6-7,12H2,1-5H3. The van der Waals surface area contributed by atoms with Crippen LogP contribution in [0.1, 0.15) is 46.6 Å². The topological polar surface area (TPSA) is 21.3 Å². The molecule has 1 atom stereocenters. The highest BCUT2D eigenvalue weighted by Gasteiger charge is 2.23. The summed E-state index contributed by atoms with van der Waals surface area (Å²) in [7, 11) is 0. The quantitative estimate of drug-likeness (QED) is 0.794. The molecule has 0 saturated heterocycles. The summed E-state index contributed by atoms with van der Waals surface area (Å²) < 4.78 is 5.58. The first-order valence-corrected chi connectivity index (χ1v) is 6.96. The molecule has 18 heavy (non-hydrogen) atoms. The molecule has 1 aromatic rings. The number of ether oxygens (including phenoxy) is 1. The van der Waals surface area contributed by atoms with Crippen molar-refractivity contribution in [1.82, 2.24) is 5.32 Å². The van der Waals surface area contributed by atoms with Crippen molar-refractivity contribution in [2.75, 3.05) is 13.2 Å². The zero-order valence-electron chi connectivity index (χ0n) is 12.4. The van der Waals surface area contributed by atoms with Gasteiger partial charge in [-0.15, -0.1) is 0 Å². The molecule has 102 valence electrons. The lowest BCUT2D eigenvalue weighted by Crippen LogP contribution is -2.33. The molecule has 0 spiro atoms. The predicted octanol–water partition coefficient (Wildman–Crippen LogP) is 3.75. The van der Waals surface area contributed by atoms with Crippen LogP contribution in [0.4, 0.5) is 0 Å². The molecule has 0 saturated carbocycles. The van der Waals surface area contributed by atoms with Gasteiger partial charge in [0.25, 0.3) is 0 Å². The summed E-state index contributed by atoms with van der Waals surface area (Å²) in [6.45, 7) is 12.8. The van der Waals surface area contributed by atoms with E-state index in [1.165, 1.54) is 5.56 Å². The highest BCUT2D eigenvalue weighted by molar-refractivity contribution is 5.33. The van der Waals surface area contributed by atoms with Gasteiger partial charge in [0.2, 0.25) is 0 Å². The third-order valence-electron chi connectivity index (χ3n) is 3.30. The maximum atomic E-state index is 5.58. The van der Waals surface area contributed by atoms with E-state index in [2.05, 4.69) is 51.2 Å². The first-order chi connectivity index (χ1) is 8.49. The Balaban J connectivity index is 2.79. The molecule has 0 aliphatic heterocycles. The van der Waals surface area contributed by atoms with E-state index in [9.17, 15) is 0 Å². The van der Waals surface area contributed by atoms with Gasteiger partial charge in [0.15, 0.2) is 0 Å². The number of hydrogen-bond donors (Lipinski definition) is 1. The zero-order chi connectivity index (χ0) is 13.6. The molecule has 0 bridgehead atoms. The molecule has 1 N–H and O–H groups in total. The minimum Gasteiger partial charge on any atom is -0.494 e. The van der Waals surface area contributed by atoms with E-state index >= 15 is 0 Å². The highest BCUT2D eigenvalue weighted by Crippen LogP contribution is 2.30. The van der Waals surface area contributed by atoms with Crippen LogP contribution in [0, 0.1) is 0 Å². The van der Waals surface area contributed by atoms with Crippen LogP contribution in [-0.4, -0.2) is 19.2 Å². The minimum absolute atomic E-state index is 0.161. The molecule has 0 fully saturated rings. The number of hydrogen-bond acceptors (Lipinski definition) is 2. The van der Waals surface area contributed by atoms with Gasteiger partial charge in [-0.2, -0.15) is 0 Å². The Labute approximate surface area is 112 Å². The van der Waals surface area contributed by atoms with Crippen molar-refractivity contribution in [3.05, 3.63) is 29.8 Å². The van der Waals surface area contributed by atoms with Crippen molar-refractivity contribution in [1.29, 1.82) is 0 Å². The van der Waals surface area contributed by atoms with E-state index in [4.69, 9.17) is 4.74 Å². The molecular formula is C16H27NO. The van der Waals surface area contributed by atoms with Gasteiger partial charge in [-0.05, 0) is 49.9 Å². The van der Waals surface area contributed by atoms with Gasteiger partial charge in [-0.25, -0.2) is 0 Å². The van der Waals surface area contributed by atoms with E-state index in [0.717, 1.165) is 25.3 Å². The molecular weight excluding hydrogens is 222 g/mol. The number of nitrogens with one attached hydrogen (secondary N) is 1. The number of rotatable bonds is 7. The van der Waals surface area contributed by atoms with Crippen molar-refractivity contribution in [3.63, 3.8) is 0 Å². The van der Waals surface area contributed by atoms with Gasteiger partial charge < -0.3 is 10.1 Å². The van der Waals surface area contributed by atoms with Crippen LogP contribution < -0.4 is 10.1 Å². The molecule has 2 nitrogen and oxygen atoms in total. The lowest BCUT2D eigenvalue weighted by molar-refractivity contribution is 0.337. The Morgan fingerprint density at radius 1 is 1.28 bits per heavy atom. The Kier molecular flexibility index (Phi) is 5.67. The van der Waals surface area contributed by atoms with E-state index in [1.807, 2.05) is 13.0 Å². The maximum absolute atomic E-state index is 5.58. The Morgan fingerprint density at radius 2 is 2.00 bits per heavy atom. The summed E-state index contributed by atoms with van der Waals surface area (Å²) in [6, 6.07) is 9.00. The van der Waals surface area contributed by atoms with Gasteiger partial charge in [0.1, 0.15) is 5.75 Å². The third-order valence-corrected chi connectivity index (χ3v) is 3.30. The van der Waals surface area contributed by atoms with Crippen LogP contribution in [0.3, 0.4) is 0 Å². The van der Waals surface area contributed by atoms with E-state index in [-0.39, 0.29) is 5.41 Å². The van der Waals surface area contributed by atoms with Crippen LogP contribution in [0.25, 0.3) is 0 Å². The fourth-order valence-electron chi connectivity index (χ4n) is 2.48. The minimum atomic E-state index is 0.161. The zero-order valence-corrected chi connectivity index (χ0v) is 12.4. The molecule has 0 amide bonds. The monoisotopic (exact) mass is 249 g/mol. The second-order valence-electron chi connectivity index (χ2n) is 5.51. The second kappa shape index (κ2) is 6.79. The molecule has 2 heteroatoms. The third kappa shape index (κ3) is 4.34. The lowest BCUT2D eigenvalue weighted by Gasteiger charge is -2.29. The fourth-order valence-corrected chi connectivity index (χ4v) is 2.48. The smallest absolute Gasteiger partial charge is 0.119 e. The summed E-state index contributed by atoms with van der Waals surface area (Å²) >= 11 is 0. The molecule has 1 unspecified atom stereocenters. The maximum Gasteiger partial charge on any atom is 0.119 e. The van der Waals surface area contributed by atoms with E-state index in [0.29, 0.717) is 6.04 Å². The van der Waals surface area contributed by atoms with E-state index in [1.54, 1.807) is 0 Å². The summed E-state index contributed by atoms with van der Waals surface area (Å²) in [4.78, 5) is 0. The van der Waals surface area contributed by atoms with Crippen LogP contribution in [0.2, 0.25) is 0 Å². The molecule has 0 aliphatic carbocycles. The molecule has 0 radical (unpaired) electrons. The summed E-state index contributed by atoms with van der Waals surface area (Å²) in [6.07, 6.45) is 1.12. The van der Waals surface area contributed by atoms with Gasteiger partial charge in [0, 0.05) is 6.04 Å². The van der Waals surface area contributed by atoms with Gasteiger partial charge in [-0.1, -0.05) is 32.9 Å². The van der Waals surface area contributed by atoms with Crippen molar-refractivity contribution in [3.8, 4) is 5.75 Å². The van der Waals surface area contributed by atoms with E-state index < -0.39 is 0 Å². The van der Waals surface area contributed by atoms with Crippen molar-refractivity contribution in [2.45, 2.75) is 52.5 Å². The number of benzene rings is 1. The summed E-state index contributed by atoms with van der Waals surface area (Å²) in [5, 5.41) is 3.48. The fraction of sp³-hybridized carbons (Fsp3) is 0.625. The van der Waals surface area contributed by atoms with Crippen molar-refractivity contribution in [2.24, 2.45) is 0 Å². The summed E-state index contributed by atoms with van der Waals surface area (Å²) in [5.41, 5.74) is 1.51. The second-order valence-corrected chi connectivity index (χ2v) is 5.51. The van der Waals surface area contributed by atoms with Crippen LogP contribution >= 0.6 is 0 Å². The lowest BCUT2D eigenvalue weighted by atomic mass is 9.79. The Hall–Kier alpha value is -1.02. The van der Waals surface area contributed by atoms with Gasteiger partial charge in [0.05, 0.1) is 6.61 Å². The van der Waals surface area contributed by atoms with Crippen LogP contribution in [0.5, 0.6) is 5.75 Å². The Bertz CT molecular complexity index is 360. The summed E-state index contributed by atoms with van der Waals surface area (Å²) in [5.74, 6) is 0.971. The molecule has 0 aromatic heterocycles. The van der Waals surface area contributed by atoms with Crippen molar-refractivity contribution < 1.29 is 4.74 Å². The Morgan fingerprint density at radius 3 is 2.61 bits per heavy atom. The average molecular weight is 249 g/mol. The first-order valence-electron chi connectivity index (χ1n) is 6.96. The molecule has 1 aromatic carbocycles. The van der Waals surface area contributed by atoms with Gasteiger partial charge in [-0.3, -0.25) is 0 Å². The van der Waals surface area contributed by atoms with Crippen LogP contribution in [-0.2, 0) is 5.41 Å². The normalized spacial score (nSPS) is 13.4. The van der Waals surface area contributed by atoms with Crippen LogP contribution in [0.15, 0.2) is 24.3 Å². The SMILES string of the molecule is CCNC(C)CC(C)(C)c1cccc(OCC)c1. The van der Waals surface area contributed by atoms with Gasteiger partial charge >= 0.3 is 0 Å². The molecule has 0 heterocycles. The molecule has 0 aliphatic rings. The average Bonchev–Trinajstić information content (AvgIpc) is 2.29. The molecule has 1 rings (SSSR count). The highest BCUT2D eigenvalue weighted by atomic mass is 16.5. The van der Waals surface area contributed by atoms with Crippen molar-refractivity contribution >= 4 is 0 Å². The largest absolute Gasteiger partial charge is 0.494 e.